The van der Waals surface area contributed by atoms with Gasteiger partial charge in [0.2, 0.25) is 0 Å². The van der Waals surface area contributed by atoms with Gasteiger partial charge in [0.1, 0.15) is 5.15 Å². The molecule has 0 fully saturated rings. The van der Waals surface area contributed by atoms with Crippen LogP contribution in [0.2, 0.25) is 10.2 Å². The smallest absolute Gasteiger partial charge is 0.222 e. The van der Waals surface area contributed by atoms with Gasteiger partial charge in [-0.05, 0) is 18.2 Å². The molecule has 2 rings (SSSR count). The van der Waals surface area contributed by atoms with E-state index in [-0.39, 0.29) is 5.15 Å². The minimum Gasteiger partial charge on any atom is -0.222 e. The van der Waals surface area contributed by atoms with Crippen molar-refractivity contribution in [2.24, 2.45) is 0 Å². The maximum absolute atomic E-state index is 12.4. The Morgan fingerprint density at radius 3 is 2.35 bits per heavy atom. The Bertz CT molecular complexity index is 549. The maximum Gasteiger partial charge on any atom is 0.435 e. The second-order valence-electron chi connectivity index (χ2n) is 3.24. The molecule has 1 aromatic heterocycles. The van der Waals surface area contributed by atoms with Crippen molar-refractivity contribution in [3.8, 4) is 5.69 Å². The van der Waals surface area contributed by atoms with E-state index in [1.807, 2.05) is 0 Å². The molecule has 1 aromatic carbocycles. The summed E-state index contributed by atoms with van der Waals surface area (Å²) in [6.45, 7) is 0. The molecule has 0 spiro atoms. The standard InChI is InChI=1S/C10H5Cl2F3N2/c11-6-2-1-3-7(4-6)17-9(12)5-8(16-17)10(13,14)15/h1-5H. The van der Waals surface area contributed by atoms with E-state index in [2.05, 4.69) is 5.10 Å². The molecule has 0 saturated heterocycles. The number of alkyl halides is 3. The monoisotopic (exact) mass is 280 g/mol. The van der Waals surface area contributed by atoms with Gasteiger partial charge in [0.25, 0.3) is 0 Å². The van der Waals surface area contributed by atoms with Crippen LogP contribution in [-0.2, 0) is 6.18 Å². The molecule has 0 atom stereocenters. The number of hydrogen-bond donors (Lipinski definition) is 0. The van der Waals surface area contributed by atoms with E-state index in [0.717, 1.165) is 10.7 Å². The Labute approximate surface area is 105 Å². The van der Waals surface area contributed by atoms with E-state index in [1.54, 1.807) is 18.2 Å². The minimum absolute atomic E-state index is 0.125. The lowest BCUT2D eigenvalue weighted by Crippen LogP contribution is -2.07. The highest BCUT2D eigenvalue weighted by Crippen LogP contribution is 2.31. The molecule has 2 aromatic rings. The Kier molecular flexibility index (Phi) is 3.05. The predicted molar refractivity (Wildman–Crippen MR) is 58.6 cm³/mol. The fraction of sp³-hybridized carbons (Fsp3) is 0.100. The van der Waals surface area contributed by atoms with E-state index in [9.17, 15) is 13.2 Å². The lowest BCUT2D eigenvalue weighted by Gasteiger charge is -2.03. The third kappa shape index (κ3) is 2.56. The first-order chi connectivity index (χ1) is 7.88. The van der Waals surface area contributed by atoms with Gasteiger partial charge in [-0.2, -0.15) is 18.3 Å². The van der Waals surface area contributed by atoms with Crippen molar-refractivity contribution >= 4 is 23.2 Å². The van der Waals surface area contributed by atoms with Crippen LogP contribution in [0.3, 0.4) is 0 Å². The highest BCUT2D eigenvalue weighted by atomic mass is 35.5. The van der Waals surface area contributed by atoms with Crippen LogP contribution in [0.4, 0.5) is 13.2 Å². The van der Waals surface area contributed by atoms with Crippen LogP contribution in [0.25, 0.3) is 5.69 Å². The average molecular weight is 281 g/mol. The first-order valence-electron chi connectivity index (χ1n) is 4.46. The number of aromatic nitrogens is 2. The Hall–Kier alpha value is -1.20. The molecule has 2 nitrogen and oxygen atoms in total. The summed E-state index contributed by atoms with van der Waals surface area (Å²) in [5.41, 5.74) is -0.666. The summed E-state index contributed by atoms with van der Waals surface area (Å²) < 4.78 is 38.2. The molecule has 7 heteroatoms. The molecule has 0 unspecified atom stereocenters. The van der Waals surface area contributed by atoms with Crippen LogP contribution >= 0.6 is 23.2 Å². The SMILES string of the molecule is FC(F)(F)c1cc(Cl)n(-c2cccc(Cl)c2)n1. The largest absolute Gasteiger partial charge is 0.435 e. The first kappa shape index (κ1) is 12.3. The molecular formula is C10H5Cl2F3N2. The molecule has 0 aliphatic heterocycles. The van der Waals surface area contributed by atoms with E-state index >= 15 is 0 Å². The van der Waals surface area contributed by atoms with Gasteiger partial charge in [0.15, 0.2) is 5.69 Å². The first-order valence-corrected chi connectivity index (χ1v) is 5.22. The van der Waals surface area contributed by atoms with Gasteiger partial charge in [-0.3, -0.25) is 0 Å². The fourth-order valence-corrected chi connectivity index (χ4v) is 1.71. The van der Waals surface area contributed by atoms with Gasteiger partial charge < -0.3 is 0 Å². The van der Waals surface area contributed by atoms with Gasteiger partial charge in [0.05, 0.1) is 5.69 Å². The fourth-order valence-electron chi connectivity index (χ4n) is 1.29. The maximum atomic E-state index is 12.4. The summed E-state index contributed by atoms with van der Waals surface area (Å²) in [6, 6.07) is 7.00. The summed E-state index contributed by atoms with van der Waals surface area (Å²) in [6.07, 6.45) is -4.52. The van der Waals surface area contributed by atoms with Crippen LogP contribution in [0.1, 0.15) is 5.69 Å². The number of rotatable bonds is 1. The Morgan fingerprint density at radius 1 is 1.12 bits per heavy atom. The van der Waals surface area contributed by atoms with Crippen molar-refractivity contribution in [2.45, 2.75) is 6.18 Å². The van der Waals surface area contributed by atoms with E-state index in [4.69, 9.17) is 23.2 Å². The molecule has 0 saturated carbocycles. The molecule has 0 radical (unpaired) electrons. The topological polar surface area (TPSA) is 17.8 Å². The molecule has 0 aliphatic carbocycles. The Balaban J connectivity index is 2.50. The molecule has 0 N–H and O–H groups in total. The van der Waals surface area contributed by atoms with Crippen LogP contribution in [0.15, 0.2) is 30.3 Å². The average Bonchev–Trinajstić information content (AvgIpc) is 2.60. The van der Waals surface area contributed by atoms with Crippen molar-refractivity contribution in [3.63, 3.8) is 0 Å². The molecule has 17 heavy (non-hydrogen) atoms. The molecule has 90 valence electrons. The Morgan fingerprint density at radius 2 is 1.82 bits per heavy atom. The summed E-state index contributed by atoms with van der Waals surface area (Å²) in [7, 11) is 0. The van der Waals surface area contributed by atoms with Crippen molar-refractivity contribution in [1.82, 2.24) is 9.78 Å². The highest BCUT2D eigenvalue weighted by Gasteiger charge is 2.34. The van der Waals surface area contributed by atoms with Gasteiger partial charge in [-0.1, -0.05) is 29.3 Å². The quantitative estimate of drug-likeness (QED) is 0.766. The highest BCUT2D eigenvalue weighted by molar-refractivity contribution is 6.31. The van der Waals surface area contributed by atoms with Crippen molar-refractivity contribution in [1.29, 1.82) is 0 Å². The molecule has 0 amide bonds. The van der Waals surface area contributed by atoms with Crippen molar-refractivity contribution < 1.29 is 13.2 Å². The molecule has 0 aliphatic rings. The normalized spacial score (nSPS) is 11.8. The molecule has 0 bridgehead atoms. The van der Waals surface area contributed by atoms with Crippen molar-refractivity contribution in [2.75, 3.05) is 0 Å². The van der Waals surface area contributed by atoms with Gasteiger partial charge in [-0.25, -0.2) is 4.68 Å². The zero-order chi connectivity index (χ0) is 12.6. The van der Waals surface area contributed by atoms with Gasteiger partial charge >= 0.3 is 6.18 Å². The second-order valence-corrected chi connectivity index (χ2v) is 4.07. The van der Waals surface area contributed by atoms with Gasteiger partial charge in [-0.15, -0.1) is 0 Å². The number of nitrogens with zero attached hydrogens (tertiary/aromatic N) is 2. The molecule has 1 heterocycles. The zero-order valence-corrected chi connectivity index (χ0v) is 9.68. The minimum atomic E-state index is -4.52. The number of halogens is 5. The van der Waals surface area contributed by atoms with Crippen molar-refractivity contribution in [3.05, 3.63) is 46.2 Å². The summed E-state index contributed by atoms with van der Waals surface area (Å²) in [5, 5.41) is 3.66. The summed E-state index contributed by atoms with van der Waals surface area (Å²) >= 11 is 11.4. The second kappa shape index (κ2) is 4.23. The van der Waals surface area contributed by atoms with Crippen LogP contribution in [0, 0.1) is 0 Å². The van der Waals surface area contributed by atoms with Crippen LogP contribution in [-0.4, -0.2) is 9.78 Å². The van der Waals surface area contributed by atoms with Crippen LogP contribution < -0.4 is 0 Å². The van der Waals surface area contributed by atoms with Crippen LogP contribution in [0.5, 0.6) is 0 Å². The third-order valence-corrected chi connectivity index (χ3v) is 2.51. The predicted octanol–water partition coefficient (Wildman–Crippen LogP) is 4.20. The van der Waals surface area contributed by atoms with E-state index in [1.165, 1.54) is 6.07 Å². The van der Waals surface area contributed by atoms with E-state index in [0.29, 0.717) is 10.7 Å². The van der Waals surface area contributed by atoms with E-state index < -0.39 is 11.9 Å². The third-order valence-electron chi connectivity index (χ3n) is 2.01. The number of benzene rings is 1. The summed E-state index contributed by atoms with van der Waals surface area (Å²) in [4.78, 5) is 0. The number of hydrogen-bond acceptors (Lipinski definition) is 1. The lowest BCUT2D eigenvalue weighted by atomic mass is 10.3. The van der Waals surface area contributed by atoms with Gasteiger partial charge in [0, 0.05) is 11.1 Å². The lowest BCUT2D eigenvalue weighted by molar-refractivity contribution is -0.141. The zero-order valence-electron chi connectivity index (χ0n) is 8.17. The molecular weight excluding hydrogens is 276 g/mol. The summed E-state index contributed by atoms with van der Waals surface area (Å²) in [5.74, 6) is 0.